The molecule has 0 aromatic heterocycles. The molecule has 0 fully saturated rings. The second-order valence-electron chi connectivity index (χ2n) is 1.57. The van der Waals surface area contributed by atoms with Gasteiger partial charge >= 0.3 is 48.9 Å². The summed E-state index contributed by atoms with van der Waals surface area (Å²) in [4.78, 5) is 19.0. The van der Waals surface area contributed by atoms with Gasteiger partial charge in [-0.3, -0.25) is 0 Å². The van der Waals surface area contributed by atoms with Crippen LogP contribution in [0.3, 0.4) is 0 Å². The minimum Gasteiger partial charge on any atom is -0.545 e. The first-order chi connectivity index (χ1) is 5.89. The number of alkyl halides is 6. The summed E-state index contributed by atoms with van der Waals surface area (Å²) in [5.41, 5.74) is 0. The SMILES string of the molecule is O=C([O-])C(Cl)(Cl)Cl.O=C([O-])C(Cl)(Cl)Cl.[Ba+2]. The van der Waals surface area contributed by atoms with Crippen LogP contribution >= 0.6 is 69.6 Å². The van der Waals surface area contributed by atoms with E-state index < -0.39 is 19.5 Å². The van der Waals surface area contributed by atoms with Gasteiger partial charge in [0.05, 0.1) is 11.9 Å². The maximum Gasteiger partial charge on any atom is 2.00 e. The Morgan fingerprint density at radius 2 is 0.800 bits per heavy atom. The van der Waals surface area contributed by atoms with E-state index in [4.69, 9.17) is 69.6 Å². The van der Waals surface area contributed by atoms with Crippen LogP contribution in [0.1, 0.15) is 0 Å². The van der Waals surface area contributed by atoms with E-state index in [9.17, 15) is 19.8 Å². The van der Waals surface area contributed by atoms with Crippen LogP contribution in [0.5, 0.6) is 0 Å². The molecule has 0 saturated heterocycles. The average molecular weight is 462 g/mol. The molecule has 0 amide bonds. The predicted molar refractivity (Wildman–Crippen MR) is 56.3 cm³/mol. The van der Waals surface area contributed by atoms with Gasteiger partial charge in [0.25, 0.3) is 0 Å². The van der Waals surface area contributed by atoms with E-state index in [2.05, 4.69) is 0 Å². The van der Waals surface area contributed by atoms with Crippen molar-refractivity contribution in [2.24, 2.45) is 0 Å². The Hall–Kier alpha value is 2.25. The fourth-order valence-corrected chi connectivity index (χ4v) is 0. The van der Waals surface area contributed by atoms with Crippen LogP contribution in [0.2, 0.25) is 0 Å². The van der Waals surface area contributed by atoms with E-state index in [0.29, 0.717) is 0 Å². The van der Waals surface area contributed by atoms with Gasteiger partial charge in [-0.15, -0.1) is 0 Å². The van der Waals surface area contributed by atoms with Crippen LogP contribution in [0.15, 0.2) is 0 Å². The van der Waals surface area contributed by atoms with Crippen molar-refractivity contribution >= 4 is 130 Å². The smallest absolute Gasteiger partial charge is 0.545 e. The number of carbonyl (C=O) groups excluding carboxylic acids is 2. The number of halogens is 6. The normalized spacial score (nSPS) is 10.5. The van der Waals surface area contributed by atoms with Crippen molar-refractivity contribution in [3.63, 3.8) is 0 Å². The molecule has 0 aromatic carbocycles. The molecule has 0 rings (SSSR count). The zero-order valence-electron chi connectivity index (χ0n) is 6.61. The number of carbonyl (C=O) groups is 2. The fraction of sp³-hybridized carbons (Fsp3) is 0.500. The second kappa shape index (κ2) is 9.22. The van der Waals surface area contributed by atoms with Crippen molar-refractivity contribution in [1.29, 1.82) is 0 Å². The monoisotopic (exact) mass is 460 g/mol. The van der Waals surface area contributed by atoms with Gasteiger partial charge in [0.15, 0.2) is 0 Å². The summed E-state index contributed by atoms with van der Waals surface area (Å²) in [5, 5.41) is 19.0. The quantitative estimate of drug-likeness (QED) is 0.370. The van der Waals surface area contributed by atoms with E-state index in [-0.39, 0.29) is 48.9 Å². The third-order valence-electron chi connectivity index (χ3n) is 0.463. The number of hydrogen-bond acceptors (Lipinski definition) is 4. The number of rotatable bonds is 0. The van der Waals surface area contributed by atoms with E-state index >= 15 is 0 Å². The van der Waals surface area contributed by atoms with Crippen molar-refractivity contribution < 1.29 is 19.8 Å². The summed E-state index contributed by atoms with van der Waals surface area (Å²) < 4.78 is -4.56. The molecule has 0 N–H and O–H groups in total. The first-order valence-electron chi connectivity index (χ1n) is 2.45. The molecule has 11 heteroatoms. The first-order valence-corrected chi connectivity index (χ1v) is 4.72. The van der Waals surface area contributed by atoms with Gasteiger partial charge in [-0.05, 0) is 0 Å². The summed E-state index contributed by atoms with van der Waals surface area (Å²) in [7, 11) is 0. The van der Waals surface area contributed by atoms with E-state index in [0.717, 1.165) is 0 Å². The van der Waals surface area contributed by atoms with Crippen LogP contribution in [-0.4, -0.2) is 68.4 Å². The number of carboxylic acids is 2. The third kappa shape index (κ3) is 16.3. The minimum atomic E-state index is -2.28. The molecule has 0 unspecified atom stereocenters. The largest absolute Gasteiger partial charge is 2.00 e. The zero-order valence-corrected chi connectivity index (χ0v) is 15.6. The molecule has 0 atom stereocenters. The molecule has 0 saturated carbocycles. The Balaban J connectivity index is -0.000000180. The van der Waals surface area contributed by atoms with Gasteiger partial charge in [0.2, 0.25) is 7.59 Å². The van der Waals surface area contributed by atoms with Gasteiger partial charge < -0.3 is 19.8 Å². The predicted octanol–water partition coefficient (Wildman–Crippen LogP) is -0.168. The maximum absolute atomic E-state index is 9.51. The van der Waals surface area contributed by atoms with Crippen LogP contribution in [-0.2, 0) is 9.59 Å². The van der Waals surface area contributed by atoms with Crippen molar-refractivity contribution in [3.05, 3.63) is 0 Å². The van der Waals surface area contributed by atoms with Crippen LogP contribution < -0.4 is 10.2 Å². The fourth-order valence-electron chi connectivity index (χ4n) is 0. The Bertz CT molecular complexity index is 196. The van der Waals surface area contributed by atoms with Crippen LogP contribution in [0.25, 0.3) is 0 Å². The number of carboxylic acid groups (broad SMARTS) is 2. The Labute approximate surface area is 155 Å². The molecule has 0 bridgehead atoms. The van der Waals surface area contributed by atoms with Gasteiger partial charge in [-0.1, -0.05) is 69.6 Å². The Morgan fingerprint density at radius 3 is 0.800 bits per heavy atom. The topological polar surface area (TPSA) is 80.3 Å². The summed E-state index contributed by atoms with van der Waals surface area (Å²) >= 11 is 28.4. The Morgan fingerprint density at radius 1 is 0.733 bits per heavy atom. The van der Waals surface area contributed by atoms with E-state index in [1.165, 1.54) is 0 Å². The number of hydrogen-bond donors (Lipinski definition) is 0. The van der Waals surface area contributed by atoms with Crippen molar-refractivity contribution in [3.8, 4) is 0 Å². The first kappa shape index (κ1) is 22.4. The zero-order chi connectivity index (χ0) is 12.2. The molecule has 0 aromatic rings. The van der Waals surface area contributed by atoms with Crippen LogP contribution in [0, 0.1) is 0 Å². The van der Waals surface area contributed by atoms with Gasteiger partial charge in [0.1, 0.15) is 0 Å². The van der Waals surface area contributed by atoms with Crippen LogP contribution in [0.4, 0.5) is 0 Å². The molecule has 0 aliphatic rings. The third-order valence-corrected chi connectivity index (χ3v) is 1.39. The molecular weight excluding hydrogens is 462 g/mol. The van der Waals surface area contributed by atoms with Gasteiger partial charge in [0, 0.05) is 0 Å². The minimum absolute atomic E-state index is 0. The maximum atomic E-state index is 9.51. The van der Waals surface area contributed by atoms with E-state index in [1.807, 2.05) is 0 Å². The summed E-state index contributed by atoms with van der Waals surface area (Å²) in [6.45, 7) is 0. The second-order valence-corrected chi connectivity index (χ2v) is 6.13. The summed E-state index contributed by atoms with van der Waals surface area (Å²) in [6.07, 6.45) is 0. The molecule has 0 heterocycles. The summed E-state index contributed by atoms with van der Waals surface area (Å²) in [5.74, 6) is -3.42. The molecule has 0 aliphatic carbocycles. The van der Waals surface area contributed by atoms with Gasteiger partial charge in [-0.2, -0.15) is 0 Å². The molecule has 4 nitrogen and oxygen atoms in total. The Kier molecular flexibility index (Phi) is 13.8. The van der Waals surface area contributed by atoms with E-state index in [1.54, 1.807) is 0 Å². The molecule has 0 spiro atoms. The van der Waals surface area contributed by atoms with Gasteiger partial charge in [-0.25, -0.2) is 0 Å². The molecule has 15 heavy (non-hydrogen) atoms. The average Bonchev–Trinajstić information content (AvgIpc) is 1.83. The molecule has 0 aliphatic heterocycles. The molecular formula is C4BaCl6O4. The molecule has 84 valence electrons. The summed E-state index contributed by atoms with van der Waals surface area (Å²) in [6, 6.07) is 0. The van der Waals surface area contributed by atoms with Crippen molar-refractivity contribution in [2.75, 3.05) is 0 Å². The number of aliphatic carboxylic acids is 2. The van der Waals surface area contributed by atoms with Crippen molar-refractivity contribution in [1.82, 2.24) is 0 Å². The standard InChI is InChI=1S/2C2HCl3O2.Ba/c2*3-2(4,5)1(6)7;/h2*(H,6,7);/q;;+2/p-2. The molecule has 0 radical (unpaired) electrons. The van der Waals surface area contributed by atoms with Crippen molar-refractivity contribution in [2.45, 2.75) is 7.59 Å².